The lowest BCUT2D eigenvalue weighted by molar-refractivity contribution is -0.115. The van der Waals surface area contributed by atoms with E-state index >= 15 is 0 Å². The third-order valence-corrected chi connectivity index (χ3v) is 5.67. The quantitative estimate of drug-likeness (QED) is 0.526. The molecule has 0 saturated heterocycles. The summed E-state index contributed by atoms with van der Waals surface area (Å²) in [4.78, 5) is 12.7. The van der Waals surface area contributed by atoms with E-state index in [2.05, 4.69) is 33.7 Å². The molecule has 0 saturated carbocycles. The second-order valence-corrected chi connectivity index (χ2v) is 7.52. The predicted molar refractivity (Wildman–Crippen MR) is 105 cm³/mol. The van der Waals surface area contributed by atoms with E-state index in [9.17, 15) is 4.79 Å². The molecule has 1 N–H and O–H groups in total. The van der Waals surface area contributed by atoms with E-state index in [0.717, 1.165) is 22.1 Å². The molecule has 0 fully saturated rings. The highest BCUT2D eigenvalue weighted by molar-refractivity contribution is 8.00. The zero-order valence-electron chi connectivity index (χ0n) is 15.3. The van der Waals surface area contributed by atoms with Crippen LogP contribution in [-0.2, 0) is 4.79 Å². The van der Waals surface area contributed by atoms with Crippen LogP contribution in [0.25, 0.3) is 16.6 Å². The van der Waals surface area contributed by atoms with Gasteiger partial charge in [0.15, 0.2) is 16.6 Å². The zero-order chi connectivity index (χ0) is 19.0. The molecule has 4 rings (SSSR count). The number of carbonyl (C=O) groups is 1. The summed E-state index contributed by atoms with van der Waals surface area (Å²) in [5.74, 6) is 0.934. The predicted octanol–water partition coefficient (Wildman–Crippen LogP) is 4.00. The van der Waals surface area contributed by atoms with E-state index in [1.807, 2.05) is 35.6 Å². The molecule has 0 aliphatic heterocycles. The average Bonchev–Trinajstić information content (AvgIpc) is 3.25. The second kappa shape index (κ2) is 7.03. The first-order valence-electron chi connectivity index (χ1n) is 8.71. The summed E-state index contributed by atoms with van der Waals surface area (Å²) in [7, 11) is 0. The summed E-state index contributed by atoms with van der Waals surface area (Å²) in [6.45, 7) is 5.81. The number of para-hydroxylation sites is 1. The molecule has 0 aliphatic rings. The van der Waals surface area contributed by atoms with Gasteiger partial charge in [0.25, 0.3) is 0 Å². The highest BCUT2D eigenvalue weighted by Gasteiger charge is 2.22. The number of hydrogen-bond acceptors (Lipinski definition) is 6. The van der Waals surface area contributed by atoms with Crippen LogP contribution in [0.1, 0.15) is 24.7 Å². The Morgan fingerprint density at radius 1 is 1.26 bits per heavy atom. The fourth-order valence-electron chi connectivity index (χ4n) is 3.03. The van der Waals surface area contributed by atoms with Gasteiger partial charge in [-0.15, -0.1) is 10.2 Å². The van der Waals surface area contributed by atoms with Crippen molar-refractivity contribution in [1.29, 1.82) is 0 Å². The van der Waals surface area contributed by atoms with Crippen LogP contribution in [0.3, 0.4) is 0 Å². The number of aromatic nitrogens is 4. The molecule has 0 spiro atoms. The van der Waals surface area contributed by atoms with E-state index in [4.69, 9.17) is 4.52 Å². The van der Waals surface area contributed by atoms with Crippen LogP contribution >= 0.6 is 11.8 Å². The van der Waals surface area contributed by atoms with Crippen molar-refractivity contribution >= 4 is 40.0 Å². The zero-order valence-corrected chi connectivity index (χ0v) is 16.1. The van der Waals surface area contributed by atoms with Gasteiger partial charge in [-0.05, 0) is 38.0 Å². The van der Waals surface area contributed by atoms with E-state index < -0.39 is 0 Å². The Hall–Kier alpha value is -2.87. The Labute approximate surface area is 160 Å². The molecule has 8 heteroatoms. The van der Waals surface area contributed by atoms with Gasteiger partial charge >= 0.3 is 0 Å². The third kappa shape index (κ3) is 3.28. The van der Waals surface area contributed by atoms with Crippen LogP contribution in [-0.4, -0.2) is 30.9 Å². The van der Waals surface area contributed by atoms with Gasteiger partial charge in [-0.1, -0.05) is 42.0 Å². The van der Waals surface area contributed by atoms with E-state index in [1.165, 1.54) is 11.8 Å². The molecular formula is C19H19N5O2S. The molecule has 0 unspecified atom stereocenters. The number of pyridine rings is 1. The van der Waals surface area contributed by atoms with E-state index in [1.54, 1.807) is 13.0 Å². The highest BCUT2D eigenvalue weighted by atomic mass is 32.2. The summed E-state index contributed by atoms with van der Waals surface area (Å²) in [5, 5.41) is 16.8. The molecule has 0 radical (unpaired) electrons. The maximum Gasteiger partial charge on any atom is 0.239 e. The molecule has 1 atom stereocenters. The first kappa shape index (κ1) is 17.5. The smallest absolute Gasteiger partial charge is 0.239 e. The van der Waals surface area contributed by atoms with Gasteiger partial charge in [-0.2, -0.15) is 0 Å². The molecule has 3 aromatic heterocycles. The molecule has 3 heterocycles. The molecule has 0 aliphatic carbocycles. The molecule has 1 amide bonds. The lowest BCUT2D eigenvalue weighted by atomic mass is 10.1. The van der Waals surface area contributed by atoms with Crippen LogP contribution in [0.4, 0.5) is 5.82 Å². The lowest BCUT2D eigenvalue weighted by Gasteiger charge is -2.13. The Bertz CT molecular complexity index is 1130. The van der Waals surface area contributed by atoms with Crippen molar-refractivity contribution in [2.45, 2.75) is 37.6 Å². The van der Waals surface area contributed by atoms with Crippen molar-refractivity contribution in [3.63, 3.8) is 0 Å². The number of thioether (sulfide) groups is 1. The first-order chi connectivity index (χ1) is 13.1. The number of aryl methyl sites for hydroxylation is 2. The minimum atomic E-state index is -0.325. The number of amides is 1. The Morgan fingerprint density at radius 2 is 2.07 bits per heavy atom. The topological polar surface area (TPSA) is 85.3 Å². The number of rotatable bonds is 5. The third-order valence-electron chi connectivity index (χ3n) is 4.36. The van der Waals surface area contributed by atoms with Gasteiger partial charge in [0, 0.05) is 11.5 Å². The number of carbonyl (C=O) groups excluding carboxylic acids is 1. The monoisotopic (exact) mass is 381 g/mol. The standard InChI is InChI=1S/C19H19N5O2S/c1-4-15(18(25)20-16-10-12(3)26-23-16)27-19-22-21-17-9-11(2)13-7-5-6-8-14(13)24(17)19/h5-10,15H,4H2,1-3H3,(H,20,23,25)/t15-/m1/s1. The first-order valence-corrected chi connectivity index (χ1v) is 9.59. The molecule has 27 heavy (non-hydrogen) atoms. The van der Waals surface area contributed by atoms with Crippen LogP contribution in [0.15, 0.2) is 46.1 Å². The number of fused-ring (bicyclic) bond motifs is 3. The van der Waals surface area contributed by atoms with E-state index in [0.29, 0.717) is 23.2 Å². The SMILES string of the molecule is CC[C@@H](Sc1nnc2cc(C)c3ccccc3n12)C(=O)Nc1cc(C)on1. The minimum Gasteiger partial charge on any atom is -0.360 e. The van der Waals surface area contributed by atoms with Crippen molar-refractivity contribution in [3.8, 4) is 0 Å². The normalized spacial score (nSPS) is 12.6. The van der Waals surface area contributed by atoms with Crippen LogP contribution < -0.4 is 5.32 Å². The number of nitrogens with one attached hydrogen (secondary N) is 1. The minimum absolute atomic E-state index is 0.135. The second-order valence-electron chi connectivity index (χ2n) is 6.35. The number of anilines is 1. The fourth-order valence-corrected chi connectivity index (χ4v) is 4.00. The van der Waals surface area contributed by atoms with Crippen molar-refractivity contribution < 1.29 is 9.32 Å². The lowest BCUT2D eigenvalue weighted by Crippen LogP contribution is -2.25. The van der Waals surface area contributed by atoms with Gasteiger partial charge in [-0.3, -0.25) is 9.20 Å². The van der Waals surface area contributed by atoms with Crippen LogP contribution in [0.5, 0.6) is 0 Å². The molecule has 0 bridgehead atoms. The summed E-state index contributed by atoms with van der Waals surface area (Å²) in [6.07, 6.45) is 0.645. The maximum absolute atomic E-state index is 12.7. The maximum atomic E-state index is 12.7. The van der Waals surface area contributed by atoms with Crippen LogP contribution in [0, 0.1) is 13.8 Å². The fraction of sp³-hybridized carbons (Fsp3) is 0.263. The summed E-state index contributed by atoms with van der Waals surface area (Å²) in [5.41, 5.74) is 2.95. The number of nitrogens with zero attached hydrogens (tertiary/aromatic N) is 4. The van der Waals surface area contributed by atoms with Crippen molar-refractivity contribution in [1.82, 2.24) is 19.8 Å². The largest absolute Gasteiger partial charge is 0.360 e. The highest BCUT2D eigenvalue weighted by Crippen LogP contribution is 2.29. The van der Waals surface area contributed by atoms with Crippen LogP contribution in [0.2, 0.25) is 0 Å². The Kier molecular flexibility index (Phi) is 4.57. The summed E-state index contributed by atoms with van der Waals surface area (Å²) in [6, 6.07) is 11.8. The van der Waals surface area contributed by atoms with E-state index in [-0.39, 0.29) is 11.2 Å². The van der Waals surface area contributed by atoms with Crippen molar-refractivity contribution in [3.05, 3.63) is 47.7 Å². The Balaban J connectivity index is 1.67. The Morgan fingerprint density at radius 3 is 2.81 bits per heavy atom. The van der Waals surface area contributed by atoms with Crippen molar-refractivity contribution in [2.24, 2.45) is 0 Å². The molecule has 1 aromatic carbocycles. The van der Waals surface area contributed by atoms with Gasteiger partial charge in [0.05, 0.1) is 10.8 Å². The van der Waals surface area contributed by atoms with Gasteiger partial charge in [0.1, 0.15) is 5.76 Å². The molecule has 4 aromatic rings. The summed E-state index contributed by atoms with van der Waals surface area (Å²) >= 11 is 1.40. The number of benzene rings is 1. The molecule has 138 valence electrons. The molecule has 7 nitrogen and oxygen atoms in total. The average molecular weight is 381 g/mol. The van der Waals surface area contributed by atoms with Gasteiger partial charge in [-0.25, -0.2) is 0 Å². The van der Waals surface area contributed by atoms with Gasteiger partial charge < -0.3 is 9.84 Å². The van der Waals surface area contributed by atoms with Gasteiger partial charge in [0.2, 0.25) is 5.91 Å². The van der Waals surface area contributed by atoms with Crippen molar-refractivity contribution in [2.75, 3.05) is 5.32 Å². The molecular weight excluding hydrogens is 362 g/mol. The summed E-state index contributed by atoms with van der Waals surface area (Å²) < 4.78 is 7.01. The number of hydrogen-bond donors (Lipinski definition) is 1.